The summed E-state index contributed by atoms with van der Waals surface area (Å²) < 4.78 is 3.89. The van der Waals surface area contributed by atoms with Gasteiger partial charge in [0.25, 0.3) is 0 Å². The van der Waals surface area contributed by atoms with Crippen molar-refractivity contribution < 1.29 is 0 Å². The molecule has 2 heterocycles. The van der Waals surface area contributed by atoms with E-state index in [-0.39, 0.29) is 5.54 Å². The zero-order valence-electron chi connectivity index (χ0n) is 12.0. The maximum Gasteiger partial charge on any atom is 0.146 e. The first-order chi connectivity index (χ1) is 9.00. The van der Waals surface area contributed by atoms with Gasteiger partial charge in [-0.15, -0.1) is 15.3 Å². The summed E-state index contributed by atoms with van der Waals surface area (Å²) >= 11 is 0. The summed E-state index contributed by atoms with van der Waals surface area (Å²) in [7, 11) is 0. The Hall–Kier alpha value is -1.76. The van der Waals surface area contributed by atoms with E-state index in [0.717, 1.165) is 18.1 Å². The Labute approximate surface area is 113 Å². The van der Waals surface area contributed by atoms with Crippen LogP contribution in [0.15, 0.2) is 12.5 Å². The Morgan fingerprint density at radius 1 is 1.21 bits per heavy atom. The van der Waals surface area contributed by atoms with Crippen LogP contribution in [0, 0.1) is 0 Å². The largest absolute Gasteiger partial charge is 0.317 e. The molecule has 0 saturated carbocycles. The summed E-state index contributed by atoms with van der Waals surface area (Å²) in [5, 5.41) is 19.6. The fourth-order valence-corrected chi connectivity index (χ4v) is 1.69. The van der Waals surface area contributed by atoms with Crippen LogP contribution in [-0.2, 0) is 25.2 Å². The molecule has 0 bridgehead atoms. The molecule has 2 aromatic rings. The predicted octanol–water partition coefficient (Wildman–Crippen LogP) is 0.934. The van der Waals surface area contributed by atoms with E-state index in [1.165, 1.54) is 0 Å². The number of rotatable bonds is 5. The SMILES string of the molecule is CCn1cnnc1CNCc1cn(C(C)(C)C)nn1. The molecule has 0 aliphatic carbocycles. The third-order valence-corrected chi connectivity index (χ3v) is 2.85. The van der Waals surface area contributed by atoms with Crippen LogP contribution in [0.3, 0.4) is 0 Å². The van der Waals surface area contributed by atoms with Crippen molar-refractivity contribution >= 4 is 0 Å². The van der Waals surface area contributed by atoms with Crippen LogP contribution in [0.2, 0.25) is 0 Å². The van der Waals surface area contributed by atoms with Gasteiger partial charge in [-0.05, 0) is 27.7 Å². The molecule has 0 radical (unpaired) electrons. The lowest BCUT2D eigenvalue weighted by Crippen LogP contribution is -2.22. The number of aryl methyl sites for hydroxylation is 1. The molecule has 19 heavy (non-hydrogen) atoms. The Morgan fingerprint density at radius 2 is 2.00 bits per heavy atom. The van der Waals surface area contributed by atoms with Crippen molar-refractivity contribution in [3.63, 3.8) is 0 Å². The van der Waals surface area contributed by atoms with Gasteiger partial charge in [0, 0.05) is 13.1 Å². The second-order valence-electron chi connectivity index (χ2n) is 5.46. The number of nitrogens with zero attached hydrogens (tertiary/aromatic N) is 6. The smallest absolute Gasteiger partial charge is 0.146 e. The normalized spacial score (nSPS) is 12.0. The van der Waals surface area contributed by atoms with E-state index in [1.54, 1.807) is 6.33 Å². The minimum atomic E-state index is -0.0341. The van der Waals surface area contributed by atoms with Crippen molar-refractivity contribution in [2.24, 2.45) is 0 Å². The number of hydrogen-bond donors (Lipinski definition) is 1. The van der Waals surface area contributed by atoms with E-state index >= 15 is 0 Å². The minimum Gasteiger partial charge on any atom is -0.317 e. The highest BCUT2D eigenvalue weighted by atomic mass is 15.4. The highest BCUT2D eigenvalue weighted by Crippen LogP contribution is 2.11. The molecule has 2 aromatic heterocycles. The fraction of sp³-hybridized carbons (Fsp3) is 0.667. The van der Waals surface area contributed by atoms with Gasteiger partial charge in [-0.2, -0.15) is 0 Å². The van der Waals surface area contributed by atoms with Crippen molar-refractivity contribution in [1.29, 1.82) is 0 Å². The average Bonchev–Trinajstić information content (AvgIpc) is 2.96. The van der Waals surface area contributed by atoms with E-state index in [2.05, 4.69) is 53.5 Å². The lowest BCUT2D eigenvalue weighted by Gasteiger charge is -2.17. The Kier molecular flexibility index (Phi) is 3.94. The summed E-state index contributed by atoms with van der Waals surface area (Å²) in [5.74, 6) is 0.936. The van der Waals surface area contributed by atoms with Crippen LogP contribution in [0.1, 0.15) is 39.2 Å². The van der Waals surface area contributed by atoms with Crippen molar-refractivity contribution in [3.8, 4) is 0 Å². The third-order valence-electron chi connectivity index (χ3n) is 2.85. The molecule has 1 N–H and O–H groups in total. The lowest BCUT2D eigenvalue weighted by molar-refractivity contribution is 0.347. The Balaban J connectivity index is 1.88. The second kappa shape index (κ2) is 5.48. The lowest BCUT2D eigenvalue weighted by atomic mass is 10.1. The Morgan fingerprint density at radius 3 is 2.63 bits per heavy atom. The molecule has 0 atom stereocenters. The predicted molar refractivity (Wildman–Crippen MR) is 71.3 cm³/mol. The molecule has 0 unspecified atom stereocenters. The van der Waals surface area contributed by atoms with Gasteiger partial charge in [0.1, 0.15) is 12.2 Å². The first-order valence-electron chi connectivity index (χ1n) is 6.50. The summed E-state index contributed by atoms with van der Waals surface area (Å²) in [4.78, 5) is 0. The number of nitrogens with one attached hydrogen (secondary N) is 1. The highest BCUT2D eigenvalue weighted by Gasteiger charge is 2.14. The molecule has 0 spiro atoms. The summed E-state index contributed by atoms with van der Waals surface area (Å²) in [6, 6.07) is 0. The van der Waals surface area contributed by atoms with Crippen molar-refractivity contribution in [2.45, 2.75) is 52.9 Å². The van der Waals surface area contributed by atoms with Crippen molar-refractivity contribution in [3.05, 3.63) is 24.0 Å². The molecule has 2 rings (SSSR count). The van der Waals surface area contributed by atoms with Crippen molar-refractivity contribution in [1.82, 2.24) is 35.1 Å². The van der Waals surface area contributed by atoms with E-state index in [1.807, 2.05) is 15.4 Å². The zero-order chi connectivity index (χ0) is 13.9. The van der Waals surface area contributed by atoms with Gasteiger partial charge in [0.05, 0.1) is 24.0 Å². The van der Waals surface area contributed by atoms with Crippen LogP contribution in [-0.4, -0.2) is 29.8 Å². The average molecular weight is 263 g/mol. The molecule has 7 nitrogen and oxygen atoms in total. The second-order valence-corrected chi connectivity index (χ2v) is 5.46. The van der Waals surface area contributed by atoms with Gasteiger partial charge < -0.3 is 9.88 Å². The molecule has 0 aromatic carbocycles. The van der Waals surface area contributed by atoms with Gasteiger partial charge in [-0.25, -0.2) is 4.68 Å². The van der Waals surface area contributed by atoms with Gasteiger partial charge >= 0.3 is 0 Å². The van der Waals surface area contributed by atoms with Crippen molar-refractivity contribution in [2.75, 3.05) is 0 Å². The number of hydrogen-bond acceptors (Lipinski definition) is 5. The van der Waals surface area contributed by atoms with E-state index in [4.69, 9.17) is 0 Å². The maximum atomic E-state index is 4.15. The van der Waals surface area contributed by atoms with Gasteiger partial charge in [0.2, 0.25) is 0 Å². The standard InChI is InChI=1S/C12H21N7/c1-5-18-9-14-16-11(18)7-13-6-10-8-19(17-15-10)12(2,3)4/h8-9,13H,5-7H2,1-4H3. The first-order valence-corrected chi connectivity index (χ1v) is 6.50. The molecule has 0 aliphatic heterocycles. The monoisotopic (exact) mass is 263 g/mol. The van der Waals surface area contributed by atoms with Crippen LogP contribution < -0.4 is 5.32 Å². The van der Waals surface area contributed by atoms with E-state index in [0.29, 0.717) is 13.1 Å². The van der Waals surface area contributed by atoms with E-state index < -0.39 is 0 Å². The Bertz CT molecular complexity index is 520. The van der Waals surface area contributed by atoms with Gasteiger partial charge in [-0.1, -0.05) is 5.21 Å². The van der Waals surface area contributed by atoms with Crippen LogP contribution in [0.25, 0.3) is 0 Å². The maximum absolute atomic E-state index is 4.15. The quantitative estimate of drug-likeness (QED) is 0.869. The molecule has 0 fully saturated rings. The molecule has 7 heteroatoms. The van der Waals surface area contributed by atoms with Crippen LogP contribution in [0.4, 0.5) is 0 Å². The molecule has 0 aliphatic rings. The number of aromatic nitrogens is 6. The first kappa shape index (κ1) is 13.7. The molecule has 0 saturated heterocycles. The highest BCUT2D eigenvalue weighted by molar-refractivity contribution is 4.95. The molecular weight excluding hydrogens is 242 g/mol. The van der Waals surface area contributed by atoms with Crippen LogP contribution >= 0.6 is 0 Å². The third kappa shape index (κ3) is 3.37. The summed E-state index contributed by atoms with van der Waals surface area (Å²) in [6.07, 6.45) is 3.71. The summed E-state index contributed by atoms with van der Waals surface area (Å²) in [5.41, 5.74) is 0.894. The molecule has 0 amide bonds. The molecular formula is C12H21N7. The van der Waals surface area contributed by atoms with Gasteiger partial charge in [-0.3, -0.25) is 0 Å². The molecule has 104 valence electrons. The topological polar surface area (TPSA) is 73.5 Å². The minimum absolute atomic E-state index is 0.0341. The van der Waals surface area contributed by atoms with Gasteiger partial charge in [0.15, 0.2) is 0 Å². The summed E-state index contributed by atoms with van der Waals surface area (Å²) in [6.45, 7) is 10.6. The van der Waals surface area contributed by atoms with E-state index in [9.17, 15) is 0 Å². The zero-order valence-corrected chi connectivity index (χ0v) is 12.0. The van der Waals surface area contributed by atoms with Crippen LogP contribution in [0.5, 0.6) is 0 Å². The fourth-order valence-electron chi connectivity index (χ4n) is 1.69.